The minimum atomic E-state index is -0.221. The average Bonchev–Trinajstić information content (AvgIpc) is 2.94. The molecule has 1 rings (SSSR count). The van der Waals surface area contributed by atoms with Gasteiger partial charge in [-0.2, -0.15) is 11.3 Å². The summed E-state index contributed by atoms with van der Waals surface area (Å²) in [4.78, 5) is 18.6. The number of thiophene rings is 1. The van der Waals surface area contributed by atoms with Gasteiger partial charge in [0.05, 0.1) is 6.54 Å². The van der Waals surface area contributed by atoms with Crippen LogP contribution in [0.1, 0.15) is 46.1 Å². The van der Waals surface area contributed by atoms with Gasteiger partial charge in [0.25, 0.3) is 0 Å². The van der Waals surface area contributed by atoms with Gasteiger partial charge in [-0.3, -0.25) is 9.79 Å². The van der Waals surface area contributed by atoms with Crippen LogP contribution in [0.4, 0.5) is 0 Å². The lowest BCUT2D eigenvalue weighted by Gasteiger charge is -2.25. The van der Waals surface area contributed by atoms with E-state index in [1.165, 1.54) is 5.56 Å². The highest BCUT2D eigenvalue weighted by Gasteiger charge is 2.17. The van der Waals surface area contributed by atoms with Crippen molar-refractivity contribution in [1.82, 2.24) is 15.5 Å². The average molecular weight is 339 g/mol. The number of aliphatic imine (C=N–C) groups is 1. The third kappa shape index (κ3) is 7.50. The van der Waals surface area contributed by atoms with Crippen molar-refractivity contribution in [1.29, 1.82) is 0 Å². The summed E-state index contributed by atoms with van der Waals surface area (Å²) in [6.45, 7) is 11.9. The number of guanidine groups is 1. The first-order chi connectivity index (χ1) is 10.7. The van der Waals surface area contributed by atoms with E-state index >= 15 is 0 Å². The van der Waals surface area contributed by atoms with Crippen LogP contribution in [0.3, 0.4) is 0 Å². The van der Waals surface area contributed by atoms with Gasteiger partial charge in [-0.25, -0.2) is 0 Å². The van der Waals surface area contributed by atoms with Gasteiger partial charge in [-0.1, -0.05) is 6.92 Å². The van der Waals surface area contributed by atoms with Crippen LogP contribution >= 0.6 is 11.3 Å². The van der Waals surface area contributed by atoms with Crippen molar-refractivity contribution in [3.8, 4) is 0 Å². The number of nitrogens with one attached hydrogen (secondary N) is 2. The molecule has 0 aliphatic rings. The number of carbonyl (C=O) groups is 1. The zero-order chi connectivity index (χ0) is 17.5. The summed E-state index contributed by atoms with van der Waals surface area (Å²) in [5, 5.41) is 10.5. The maximum absolute atomic E-state index is 12.1. The predicted molar refractivity (Wildman–Crippen MR) is 99.2 cm³/mol. The van der Waals surface area contributed by atoms with Crippen molar-refractivity contribution in [3.05, 3.63) is 22.4 Å². The molecule has 0 aromatic carbocycles. The molecule has 0 saturated carbocycles. The van der Waals surface area contributed by atoms with E-state index in [1.54, 1.807) is 11.3 Å². The van der Waals surface area contributed by atoms with Crippen molar-refractivity contribution >= 4 is 23.2 Å². The molecule has 0 spiro atoms. The van der Waals surface area contributed by atoms with E-state index < -0.39 is 0 Å². The fraction of sp³-hybridized carbons (Fsp3) is 0.647. The molecule has 1 amide bonds. The molecule has 0 saturated heterocycles. The van der Waals surface area contributed by atoms with Crippen LogP contribution in [0.2, 0.25) is 0 Å². The molecule has 1 unspecified atom stereocenters. The number of likely N-dealkylation sites (N-methyl/N-ethyl adjacent to an activating group) is 1. The van der Waals surface area contributed by atoms with Crippen LogP contribution in [0.15, 0.2) is 21.8 Å². The highest BCUT2D eigenvalue weighted by molar-refractivity contribution is 7.07. The largest absolute Gasteiger partial charge is 0.357 e. The molecular formula is C17H30N4OS. The van der Waals surface area contributed by atoms with E-state index in [0.717, 1.165) is 12.5 Å². The van der Waals surface area contributed by atoms with Gasteiger partial charge in [0.1, 0.15) is 0 Å². The minimum Gasteiger partial charge on any atom is -0.357 e. The van der Waals surface area contributed by atoms with Gasteiger partial charge in [0.2, 0.25) is 5.91 Å². The molecular weight excluding hydrogens is 308 g/mol. The Hall–Kier alpha value is -1.56. The Morgan fingerprint density at radius 3 is 2.65 bits per heavy atom. The Kier molecular flexibility index (Phi) is 7.55. The number of carbonyl (C=O) groups excluding carboxylic acids is 1. The summed E-state index contributed by atoms with van der Waals surface area (Å²) in [7, 11) is 1.89. The van der Waals surface area contributed by atoms with Crippen molar-refractivity contribution in [2.45, 2.75) is 46.1 Å². The second kappa shape index (κ2) is 8.91. The lowest BCUT2D eigenvalue weighted by molar-refractivity contribution is -0.122. The number of amides is 1. The number of hydrogen-bond acceptors (Lipinski definition) is 3. The maximum Gasteiger partial charge on any atom is 0.240 e. The van der Waals surface area contributed by atoms with Crippen molar-refractivity contribution in [3.63, 3.8) is 0 Å². The van der Waals surface area contributed by atoms with Crippen LogP contribution in [0.5, 0.6) is 0 Å². The number of nitrogens with zero attached hydrogens (tertiary/aromatic N) is 2. The molecule has 0 radical (unpaired) electrons. The van der Waals surface area contributed by atoms with Gasteiger partial charge in [-0.05, 0) is 50.1 Å². The highest BCUT2D eigenvalue weighted by Crippen LogP contribution is 2.18. The summed E-state index contributed by atoms with van der Waals surface area (Å²) in [6.07, 6.45) is 0. The normalized spacial score (nSPS) is 13.6. The SMILES string of the molecule is CCNC(=NCC(C)c1ccsc1)N(C)CC(=O)NC(C)(C)C. The fourth-order valence-electron chi connectivity index (χ4n) is 2.10. The molecule has 0 aliphatic carbocycles. The van der Waals surface area contributed by atoms with Gasteiger partial charge >= 0.3 is 0 Å². The lowest BCUT2D eigenvalue weighted by atomic mass is 10.1. The summed E-state index contributed by atoms with van der Waals surface area (Å²) < 4.78 is 0. The molecule has 1 aromatic heterocycles. The molecule has 23 heavy (non-hydrogen) atoms. The molecule has 5 nitrogen and oxygen atoms in total. The molecule has 1 heterocycles. The molecule has 0 aliphatic heterocycles. The van der Waals surface area contributed by atoms with E-state index in [1.807, 2.05) is 39.6 Å². The summed E-state index contributed by atoms with van der Waals surface area (Å²) in [6, 6.07) is 2.14. The summed E-state index contributed by atoms with van der Waals surface area (Å²) in [5.74, 6) is 1.13. The van der Waals surface area contributed by atoms with E-state index in [4.69, 9.17) is 0 Å². The van der Waals surface area contributed by atoms with Gasteiger partial charge < -0.3 is 15.5 Å². The van der Waals surface area contributed by atoms with Crippen molar-refractivity contribution < 1.29 is 4.79 Å². The molecule has 1 atom stereocenters. The fourth-order valence-corrected chi connectivity index (χ4v) is 2.88. The third-order valence-electron chi connectivity index (χ3n) is 3.22. The first-order valence-electron chi connectivity index (χ1n) is 8.05. The summed E-state index contributed by atoms with van der Waals surface area (Å²) >= 11 is 1.70. The zero-order valence-corrected chi connectivity index (χ0v) is 16.0. The second-order valence-electron chi connectivity index (χ2n) is 6.81. The first kappa shape index (κ1) is 19.5. The highest BCUT2D eigenvalue weighted by atomic mass is 32.1. The Morgan fingerprint density at radius 1 is 1.43 bits per heavy atom. The first-order valence-corrected chi connectivity index (χ1v) is 8.99. The van der Waals surface area contributed by atoms with Crippen LogP contribution in [-0.4, -0.2) is 49.0 Å². The monoisotopic (exact) mass is 338 g/mol. The zero-order valence-electron chi connectivity index (χ0n) is 15.1. The Labute approximate surface area is 144 Å². The van der Waals surface area contributed by atoms with Crippen molar-refractivity contribution in [2.75, 3.05) is 26.7 Å². The van der Waals surface area contributed by atoms with Crippen LogP contribution < -0.4 is 10.6 Å². The second-order valence-corrected chi connectivity index (χ2v) is 7.59. The molecule has 2 N–H and O–H groups in total. The predicted octanol–water partition coefficient (Wildman–Crippen LogP) is 2.66. The summed E-state index contributed by atoms with van der Waals surface area (Å²) in [5.41, 5.74) is 1.09. The topological polar surface area (TPSA) is 56.7 Å². The number of hydrogen-bond donors (Lipinski definition) is 2. The van der Waals surface area contributed by atoms with E-state index in [2.05, 4.69) is 39.4 Å². The van der Waals surface area contributed by atoms with Crippen molar-refractivity contribution in [2.24, 2.45) is 4.99 Å². The van der Waals surface area contributed by atoms with E-state index in [9.17, 15) is 4.79 Å². The minimum absolute atomic E-state index is 0.00325. The molecule has 1 aromatic rings. The standard InChI is InChI=1S/C17H30N4OS/c1-7-18-16(19-10-13(2)14-8-9-23-12-14)21(6)11-15(22)20-17(3,4)5/h8-9,12-13H,7,10-11H2,1-6H3,(H,18,19)(H,20,22). The molecule has 6 heteroatoms. The lowest BCUT2D eigenvalue weighted by Crippen LogP contribution is -2.48. The molecule has 0 fully saturated rings. The van der Waals surface area contributed by atoms with E-state index in [-0.39, 0.29) is 18.0 Å². The third-order valence-corrected chi connectivity index (χ3v) is 3.92. The van der Waals surface area contributed by atoms with Gasteiger partial charge in [0.15, 0.2) is 5.96 Å². The Bertz CT molecular complexity index is 505. The van der Waals surface area contributed by atoms with Gasteiger partial charge in [-0.15, -0.1) is 0 Å². The Morgan fingerprint density at radius 2 is 2.13 bits per heavy atom. The maximum atomic E-state index is 12.1. The van der Waals surface area contributed by atoms with Crippen LogP contribution in [-0.2, 0) is 4.79 Å². The molecule has 130 valence electrons. The van der Waals surface area contributed by atoms with Crippen LogP contribution in [0, 0.1) is 0 Å². The quantitative estimate of drug-likeness (QED) is 0.619. The van der Waals surface area contributed by atoms with Gasteiger partial charge in [0, 0.05) is 31.6 Å². The van der Waals surface area contributed by atoms with E-state index in [0.29, 0.717) is 12.5 Å². The Balaban J connectivity index is 2.64. The smallest absolute Gasteiger partial charge is 0.240 e. The number of rotatable bonds is 6. The molecule has 0 bridgehead atoms. The van der Waals surface area contributed by atoms with Crippen LogP contribution in [0.25, 0.3) is 0 Å².